The average molecular weight is 422 g/mol. The number of hydrogen-bond acceptors (Lipinski definition) is 5. The summed E-state index contributed by atoms with van der Waals surface area (Å²) in [5.41, 5.74) is 0.728. The number of piperazine rings is 1. The predicted octanol–water partition coefficient (Wildman–Crippen LogP) is 1.32. The summed E-state index contributed by atoms with van der Waals surface area (Å²) in [6.07, 6.45) is 3.13. The van der Waals surface area contributed by atoms with Crippen molar-refractivity contribution in [3.63, 3.8) is 0 Å². The average Bonchev–Trinajstić information content (AvgIpc) is 2.71. The maximum absolute atomic E-state index is 12.5. The van der Waals surface area contributed by atoms with Crippen molar-refractivity contribution in [1.29, 1.82) is 0 Å². The maximum atomic E-state index is 12.5. The number of nitrogens with one attached hydrogen (secondary N) is 1. The highest BCUT2D eigenvalue weighted by Crippen LogP contribution is 2.38. The van der Waals surface area contributed by atoms with Crippen LogP contribution in [0.4, 0.5) is 0 Å². The summed E-state index contributed by atoms with van der Waals surface area (Å²) >= 11 is 6.21. The molecule has 0 spiro atoms. The number of ether oxygens (including phenoxy) is 2. The minimum atomic E-state index is -0.616. The highest BCUT2D eigenvalue weighted by Gasteiger charge is 2.27. The SMILES string of the molecule is CC(C)NC(=O)C(=O)N1CCN(C(=O)/C=C/c2cc(Cl)c3c(c2)OCCO3)CC1. The number of rotatable bonds is 3. The van der Waals surface area contributed by atoms with Crippen molar-refractivity contribution in [2.45, 2.75) is 19.9 Å². The van der Waals surface area contributed by atoms with Crippen molar-refractivity contribution in [3.8, 4) is 11.5 Å². The summed E-state index contributed by atoms with van der Waals surface area (Å²) in [7, 11) is 0. The Morgan fingerprint density at radius 2 is 1.72 bits per heavy atom. The standard InChI is InChI=1S/C20H24ClN3O5/c1-13(2)22-19(26)20(27)24-7-5-23(6-8-24)17(25)4-3-14-11-15(21)18-16(12-14)28-9-10-29-18/h3-4,11-13H,5-10H2,1-2H3,(H,22,26)/b4-3+. The van der Waals surface area contributed by atoms with E-state index in [1.165, 1.54) is 11.0 Å². The molecule has 0 aliphatic carbocycles. The Morgan fingerprint density at radius 3 is 2.41 bits per heavy atom. The van der Waals surface area contributed by atoms with Gasteiger partial charge < -0.3 is 24.6 Å². The number of halogens is 1. The van der Waals surface area contributed by atoms with E-state index in [0.717, 1.165) is 5.56 Å². The van der Waals surface area contributed by atoms with Crippen molar-refractivity contribution >= 4 is 35.4 Å². The largest absolute Gasteiger partial charge is 0.486 e. The Kier molecular flexibility index (Phi) is 6.64. The van der Waals surface area contributed by atoms with Crippen LogP contribution in [-0.4, -0.2) is 73.0 Å². The zero-order valence-corrected chi connectivity index (χ0v) is 17.2. The van der Waals surface area contributed by atoms with Crippen LogP contribution in [0.15, 0.2) is 18.2 Å². The molecule has 1 aromatic rings. The van der Waals surface area contributed by atoms with Gasteiger partial charge in [0.25, 0.3) is 0 Å². The van der Waals surface area contributed by atoms with Gasteiger partial charge in [0, 0.05) is 38.3 Å². The molecule has 2 heterocycles. The van der Waals surface area contributed by atoms with E-state index in [4.69, 9.17) is 21.1 Å². The molecule has 3 rings (SSSR count). The highest BCUT2D eigenvalue weighted by atomic mass is 35.5. The molecule has 0 unspecified atom stereocenters. The number of amides is 3. The molecule has 8 nitrogen and oxygen atoms in total. The minimum Gasteiger partial charge on any atom is -0.486 e. The van der Waals surface area contributed by atoms with Gasteiger partial charge in [-0.05, 0) is 37.6 Å². The van der Waals surface area contributed by atoms with Crippen LogP contribution in [0.2, 0.25) is 5.02 Å². The van der Waals surface area contributed by atoms with Crippen LogP contribution in [0.5, 0.6) is 11.5 Å². The van der Waals surface area contributed by atoms with Crippen molar-refractivity contribution < 1.29 is 23.9 Å². The van der Waals surface area contributed by atoms with Crippen LogP contribution < -0.4 is 14.8 Å². The van der Waals surface area contributed by atoms with Gasteiger partial charge in [-0.2, -0.15) is 0 Å². The molecule has 3 amide bonds. The molecular formula is C20H24ClN3O5. The number of nitrogens with zero attached hydrogens (tertiary/aromatic N) is 2. The maximum Gasteiger partial charge on any atom is 0.312 e. The quantitative estimate of drug-likeness (QED) is 0.587. The number of carbonyl (C=O) groups excluding carboxylic acids is 3. The second-order valence-corrected chi connectivity index (χ2v) is 7.51. The minimum absolute atomic E-state index is 0.103. The molecule has 0 atom stereocenters. The Labute approximate surface area is 174 Å². The first-order chi connectivity index (χ1) is 13.8. The van der Waals surface area contributed by atoms with Crippen LogP contribution in [-0.2, 0) is 14.4 Å². The summed E-state index contributed by atoms with van der Waals surface area (Å²) in [6, 6.07) is 3.38. The molecule has 0 aromatic heterocycles. The lowest BCUT2D eigenvalue weighted by molar-refractivity contribution is -0.148. The zero-order chi connectivity index (χ0) is 21.0. The van der Waals surface area contributed by atoms with E-state index in [1.807, 2.05) is 0 Å². The molecule has 1 aromatic carbocycles. The topological polar surface area (TPSA) is 88.2 Å². The molecule has 1 saturated heterocycles. The first-order valence-electron chi connectivity index (χ1n) is 9.51. The highest BCUT2D eigenvalue weighted by molar-refractivity contribution is 6.35. The summed E-state index contributed by atoms with van der Waals surface area (Å²) in [4.78, 5) is 39.5. The van der Waals surface area contributed by atoms with Gasteiger partial charge in [0.05, 0.1) is 5.02 Å². The summed E-state index contributed by atoms with van der Waals surface area (Å²) in [5, 5.41) is 3.02. The third-order valence-electron chi connectivity index (χ3n) is 4.53. The van der Waals surface area contributed by atoms with Gasteiger partial charge in [-0.1, -0.05) is 11.6 Å². The molecule has 2 aliphatic rings. The number of carbonyl (C=O) groups is 3. The third kappa shape index (κ3) is 5.20. The molecule has 9 heteroatoms. The van der Waals surface area contributed by atoms with Gasteiger partial charge in [-0.3, -0.25) is 14.4 Å². The fourth-order valence-electron chi connectivity index (χ4n) is 3.10. The van der Waals surface area contributed by atoms with Crippen molar-refractivity contribution in [2.75, 3.05) is 39.4 Å². The van der Waals surface area contributed by atoms with Crippen LogP contribution in [0, 0.1) is 0 Å². The predicted molar refractivity (Wildman–Crippen MR) is 108 cm³/mol. The van der Waals surface area contributed by atoms with E-state index in [0.29, 0.717) is 55.9 Å². The second kappa shape index (κ2) is 9.17. The van der Waals surface area contributed by atoms with Crippen molar-refractivity contribution in [1.82, 2.24) is 15.1 Å². The Morgan fingerprint density at radius 1 is 1.07 bits per heavy atom. The second-order valence-electron chi connectivity index (χ2n) is 7.11. The molecular weight excluding hydrogens is 398 g/mol. The van der Waals surface area contributed by atoms with Crippen LogP contribution in [0.3, 0.4) is 0 Å². The first-order valence-corrected chi connectivity index (χ1v) is 9.89. The molecule has 0 radical (unpaired) electrons. The van der Waals surface area contributed by atoms with E-state index in [2.05, 4.69) is 5.32 Å². The molecule has 29 heavy (non-hydrogen) atoms. The van der Waals surface area contributed by atoms with E-state index in [9.17, 15) is 14.4 Å². The first kappa shape index (κ1) is 21.0. The van der Waals surface area contributed by atoms with Crippen LogP contribution in [0.1, 0.15) is 19.4 Å². The Bertz CT molecular complexity index is 832. The van der Waals surface area contributed by atoms with E-state index < -0.39 is 11.8 Å². The molecule has 0 bridgehead atoms. The van der Waals surface area contributed by atoms with Gasteiger partial charge in [0.2, 0.25) is 5.91 Å². The molecule has 156 valence electrons. The molecule has 0 saturated carbocycles. The van der Waals surface area contributed by atoms with Gasteiger partial charge in [0.15, 0.2) is 11.5 Å². The lowest BCUT2D eigenvalue weighted by atomic mass is 10.1. The lowest BCUT2D eigenvalue weighted by Crippen LogP contribution is -2.54. The third-order valence-corrected chi connectivity index (χ3v) is 4.81. The monoisotopic (exact) mass is 421 g/mol. The van der Waals surface area contributed by atoms with E-state index in [-0.39, 0.29) is 11.9 Å². The normalized spacial score (nSPS) is 16.3. The smallest absolute Gasteiger partial charge is 0.312 e. The van der Waals surface area contributed by atoms with E-state index >= 15 is 0 Å². The molecule has 1 fully saturated rings. The Hall–Kier alpha value is -2.74. The number of hydrogen-bond donors (Lipinski definition) is 1. The Balaban J connectivity index is 1.55. The summed E-state index contributed by atoms with van der Waals surface area (Å²) in [5.74, 6) is -0.275. The van der Waals surface area contributed by atoms with Gasteiger partial charge in [-0.25, -0.2) is 0 Å². The summed E-state index contributed by atoms with van der Waals surface area (Å²) in [6.45, 7) is 5.87. The van der Waals surface area contributed by atoms with E-state index in [1.54, 1.807) is 37.0 Å². The fraction of sp³-hybridized carbons (Fsp3) is 0.450. The van der Waals surface area contributed by atoms with Crippen molar-refractivity contribution in [2.24, 2.45) is 0 Å². The van der Waals surface area contributed by atoms with Gasteiger partial charge >= 0.3 is 11.8 Å². The lowest BCUT2D eigenvalue weighted by Gasteiger charge is -2.34. The van der Waals surface area contributed by atoms with Gasteiger partial charge in [0.1, 0.15) is 13.2 Å². The zero-order valence-electron chi connectivity index (χ0n) is 16.4. The van der Waals surface area contributed by atoms with Crippen LogP contribution >= 0.6 is 11.6 Å². The summed E-state index contributed by atoms with van der Waals surface area (Å²) < 4.78 is 11.0. The number of benzene rings is 1. The van der Waals surface area contributed by atoms with Crippen molar-refractivity contribution in [3.05, 3.63) is 28.8 Å². The molecule has 2 aliphatic heterocycles. The van der Waals surface area contributed by atoms with Gasteiger partial charge in [-0.15, -0.1) is 0 Å². The number of fused-ring (bicyclic) bond motifs is 1. The van der Waals surface area contributed by atoms with Crippen LogP contribution in [0.25, 0.3) is 6.08 Å². The fourth-order valence-corrected chi connectivity index (χ4v) is 3.37. The molecule has 1 N–H and O–H groups in total.